The number of nitrogens with one attached hydrogen (secondary N) is 2. The van der Waals surface area contributed by atoms with Crippen molar-refractivity contribution in [1.29, 1.82) is 0 Å². The van der Waals surface area contributed by atoms with E-state index in [1.165, 1.54) is 0 Å². The minimum absolute atomic E-state index is 0.610. The van der Waals surface area contributed by atoms with Gasteiger partial charge in [-0.1, -0.05) is 23.7 Å². The van der Waals surface area contributed by atoms with E-state index in [2.05, 4.69) is 45.5 Å². The minimum atomic E-state index is 0.610. The topological polar surface area (TPSA) is 55.8 Å². The molecule has 3 rings (SSSR count). The van der Waals surface area contributed by atoms with E-state index >= 15 is 0 Å². The number of halogens is 1. The highest BCUT2D eigenvalue weighted by molar-refractivity contribution is 6.30. The first-order chi connectivity index (χ1) is 13.6. The lowest BCUT2D eigenvalue weighted by Crippen LogP contribution is -2.44. The van der Waals surface area contributed by atoms with Crippen LogP contribution in [0, 0.1) is 0 Å². The average molecular weight is 401 g/mol. The molecular weight excluding hydrogens is 372 g/mol. The smallest absolute Gasteiger partial charge is 0.191 e. The van der Waals surface area contributed by atoms with E-state index in [4.69, 9.17) is 16.6 Å². The highest BCUT2D eigenvalue weighted by atomic mass is 35.5. The molecule has 0 unspecified atom stereocenters. The van der Waals surface area contributed by atoms with Crippen LogP contribution in [0.25, 0.3) is 0 Å². The fourth-order valence-corrected chi connectivity index (χ4v) is 3.19. The molecule has 2 heterocycles. The standard InChI is InChI=1S/C21H29ClN6/c1-3-23-21(25-15-17-4-6-19(22)7-5-17)26-16-18-8-9-24-20(14-18)28-12-10-27(2)11-13-28/h4-9,14H,3,10-13,15-16H2,1-2H3,(H2,23,25,26). The van der Waals surface area contributed by atoms with Crippen LogP contribution >= 0.6 is 11.6 Å². The number of nitrogens with zero attached hydrogens (tertiary/aromatic N) is 4. The van der Waals surface area contributed by atoms with Gasteiger partial charge in [0.2, 0.25) is 0 Å². The molecule has 2 aromatic rings. The number of piperazine rings is 1. The Morgan fingerprint density at radius 1 is 1.07 bits per heavy atom. The largest absolute Gasteiger partial charge is 0.357 e. The molecule has 0 spiro atoms. The summed E-state index contributed by atoms with van der Waals surface area (Å²) in [6.45, 7) is 8.37. The van der Waals surface area contributed by atoms with Gasteiger partial charge in [-0.25, -0.2) is 9.98 Å². The zero-order chi connectivity index (χ0) is 19.8. The third-order valence-corrected chi connectivity index (χ3v) is 5.03. The lowest BCUT2D eigenvalue weighted by Gasteiger charge is -2.33. The first kappa shape index (κ1) is 20.4. The summed E-state index contributed by atoms with van der Waals surface area (Å²) in [6.07, 6.45) is 1.88. The minimum Gasteiger partial charge on any atom is -0.357 e. The second kappa shape index (κ2) is 10.3. The van der Waals surface area contributed by atoms with Crippen molar-refractivity contribution >= 4 is 23.4 Å². The predicted octanol–water partition coefficient (Wildman–Crippen LogP) is 2.74. The SMILES string of the molecule is CCNC(=NCc1ccnc(N2CCN(C)CC2)c1)NCc1ccc(Cl)cc1. The molecule has 1 aromatic heterocycles. The molecule has 1 aliphatic heterocycles. The number of pyridine rings is 1. The van der Waals surface area contributed by atoms with Crippen molar-refractivity contribution in [3.63, 3.8) is 0 Å². The number of likely N-dealkylation sites (N-methyl/N-ethyl adjacent to an activating group) is 1. The third-order valence-electron chi connectivity index (χ3n) is 4.77. The predicted molar refractivity (Wildman–Crippen MR) is 117 cm³/mol. The van der Waals surface area contributed by atoms with Gasteiger partial charge in [0.05, 0.1) is 6.54 Å². The lowest BCUT2D eigenvalue weighted by atomic mass is 10.2. The van der Waals surface area contributed by atoms with Gasteiger partial charge in [-0.3, -0.25) is 0 Å². The van der Waals surface area contributed by atoms with Gasteiger partial charge in [0.25, 0.3) is 0 Å². The van der Waals surface area contributed by atoms with Gasteiger partial charge in [0, 0.05) is 50.5 Å². The van der Waals surface area contributed by atoms with Crippen molar-refractivity contribution in [2.24, 2.45) is 4.99 Å². The van der Waals surface area contributed by atoms with Crippen molar-refractivity contribution in [1.82, 2.24) is 20.5 Å². The maximum absolute atomic E-state index is 5.95. The monoisotopic (exact) mass is 400 g/mol. The molecule has 1 saturated heterocycles. The summed E-state index contributed by atoms with van der Waals surface area (Å²) >= 11 is 5.95. The van der Waals surface area contributed by atoms with Gasteiger partial charge >= 0.3 is 0 Å². The molecule has 28 heavy (non-hydrogen) atoms. The summed E-state index contributed by atoms with van der Waals surface area (Å²) in [5.74, 6) is 1.84. The summed E-state index contributed by atoms with van der Waals surface area (Å²) in [5, 5.41) is 7.42. The van der Waals surface area contributed by atoms with Gasteiger partial charge < -0.3 is 20.4 Å². The molecule has 2 N–H and O–H groups in total. The second-order valence-corrected chi connectivity index (χ2v) is 7.42. The van der Waals surface area contributed by atoms with Crippen LogP contribution < -0.4 is 15.5 Å². The van der Waals surface area contributed by atoms with E-state index < -0.39 is 0 Å². The van der Waals surface area contributed by atoms with Crippen molar-refractivity contribution < 1.29 is 0 Å². The van der Waals surface area contributed by atoms with E-state index in [-0.39, 0.29) is 0 Å². The summed E-state index contributed by atoms with van der Waals surface area (Å²) in [5.41, 5.74) is 2.32. The van der Waals surface area contributed by atoms with Crippen LogP contribution in [-0.2, 0) is 13.1 Å². The number of aliphatic imine (C=N–C) groups is 1. The van der Waals surface area contributed by atoms with E-state index in [9.17, 15) is 0 Å². The second-order valence-electron chi connectivity index (χ2n) is 6.99. The van der Waals surface area contributed by atoms with Gasteiger partial charge in [-0.05, 0) is 49.4 Å². The number of hydrogen-bond acceptors (Lipinski definition) is 4. The Labute approximate surface area is 172 Å². The van der Waals surface area contributed by atoms with E-state index in [0.717, 1.165) is 60.7 Å². The molecular formula is C21H29ClN6. The zero-order valence-corrected chi connectivity index (χ0v) is 17.4. The fourth-order valence-electron chi connectivity index (χ4n) is 3.07. The van der Waals surface area contributed by atoms with Gasteiger partial charge in [0.1, 0.15) is 5.82 Å². The zero-order valence-electron chi connectivity index (χ0n) is 16.7. The Hall–Kier alpha value is -2.31. The van der Waals surface area contributed by atoms with Crippen LogP contribution in [0.15, 0.2) is 47.6 Å². The molecule has 1 aromatic carbocycles. The van der Waals surface area contributed by atoms with Crippen LogP contribution in [-0.4, -0.2) is 55.6 Å². The Bertz CT molecular complexity index is 769. The first-order valence-electron chi connectivity index (χ1n) is 9.79. The highest BCUT2D eigenvalue weighted by Crippen LogP contribution is 2.15. The number of anilines is 1. The summed E-state index contributed by atoms with van der Waals surface area (Å²) < 4.78 is 0. The molecule has 1 fully saturated rings. The van der Waals surface area contributed by atoms with Crippen LogP contribution in [0.1, 0.15) is 18.1 Å². The Morgan fingerprint density at radius 2 is 1.82 bits per heavy atom. The number of hydrogen-bond donors (Lipinski definition) is 2. The fraction of sp³-hybridized carbons (Fsp3) is 0.429. The average Bonchev–Trinajstić information content (AvgIpc) is 2.72. The number of rotatable bonds is 6. The molecule has 1 aliphatic rings. The molecule has 7 heteroatoms. The van der Waals surface area contributed by atoms with Gasteiger partial charge in [-0.15, -0.1) is 0 Å². The number of guanidine groups is 1. The highest BCUT2D eigenvalue weighted by Gasteiger charge is 2.15. The van der Waals surface area contributed by atoms with Crippen LogP contribution in [0.2, 0.25) is 5.02 Å². The first-order valence-corrected chi connectivity index (χ1v) is 10.2. The molecule has 0 amide bonds. The van der Waals surface area contributed by atoms with Crippen LogP contribution in [0.3, 0.4) is 0 Å². The molecule has 0 saturated carbocycles. The van der Waals surface area contributed by atoms with Gasteiger partial charge in [-0.2, -0.15) is 0 Å². The van der Waals surface area contributed by atoms with Crippen molar-refractivity contribution in [2.75, 3.05) is 44.7 Å². The quantitative estimate of drug-likeness (QED) is 0.576. The van der Waals surface area contributed by atoms with Crippen LogP contribution in [0.4, 0.5) is 5.82 Å². The van der Waals surface area contributed by atoms with Crippen LogP contribution in [0.5, 0.6) is 0 Å². The van der Waals surface area contributed by atoms with Crippen molar-refractivity contribution in [3.05, 3.63) is 58.7 Å². The summed E-state index contributed by atoms with van der Waals surface area (Å²) in [7, 11) is 2.16. The summed E-state index contributed by atoms with van der Waals surface area (Å²) in [6, 6.07) is 12.0. The van der Waals surface area contributed by atoms with E-state index in [1.807, 2.05) is 36.5 Å². The molecule has 0 radical (unpaired) electrons. The number of aromatic nitrogens is 1. The maximum atomic E-state index is 5.95. The third kappa shape index (κ3) is 6.11. The Kier molecular flexibility index (Phi) is 7.51. The summed E-state index contributed by atoms with van der Waals surface area (Å²) in [4.78, 5) is 14.0. The molecule has 0 aliphatic carbocycles. The Balaban J connectivity index is 1.60. The Morgan fingerprint density at radius 3 is 2.54 bits per heavy atom. The number of benzene rings is 1. The molecule has 150 valence electrons. The molecule has 0 bridgehead atoms. The lowest BCUT2D eigenvalue weighted by molar-refractivity contribution is 0.312. The normalized spacial score (nSPS) is 15.5. The van der Waals surface area contributed by atoms with E-state index in [0.29, 0.717) is 13.1 Å². The molecule has 6 nitrogen and oxygen atoms in total. The van der Waals surface area contributed by atoms with Crippen molar-refractivity contribution in [3.8, 4) is 0 Å². The van der Waals surface area contributed by atoms with Gasteiger partial charge in [0.15, 0.2) is 5.96 Å². The maximum Gasteiger partial charge on any atom is 0.191 e. The van der Waals surface area contributed by atoms with E-state index in [1.54, 1.807) is 0 Å². The van der Waals surface area contributed by atoms with Crippen molar-refractivity contribution in [2.45, 2.75) is 20.0 Å². The molecule has 0 atom stereocenters.